The molecule has 2 heteroatoms. The van der Waals surface area contributed by atoms with Gasteiger partial charge in [0.1, 0.15) is 0 Å². The van der Waals surface area contributed by atoms with Crippen LogP contribution < -0.4 is 0 Å². The van der Waals surface area contributed by atoms with E-state index in [2.05, 4.69) is 188 Å². The molecule has 0 saturated heterocycles. The molecule has 0 unspecified atom stereocenters. The number of fused-ring (bicyclic) bond motifs is 12. The molecule has 2 aliphatic rings. The topological polar surface area (TPSA) is 12.9 Å². The van der Waals surface area contributed by atoms with Gasteiger partial charge in [-0.2, -0.15) is 0 Å². The second kappa shape index (κ2) is 11.3. The van der Waals surface area contributed by atoms with E-state index < -0.39 is 0 Å². The van der Waals surface area contributed by atoms with Gasteiger partial charge in [-0.05, 0) is 86.0 Å². The highest BCUT2D eigenvalue weighted by Gasteiger charge is 2.53. The number of hydrogen-bond donors (Lipinski definition) is 0. The summed E-state index contributed by atoms with van der Waals surface area (Å²) in [5, 5.41) is 1.35. The van der Waals surface area contributed by atoms with Gasteiger partial charge in [0, 0.05) is 31.7 Å². The fourth-order valence-electron chi connectivity index (χ4n) is 8.81. The van der Waals surface area contributed by atoms with Crippen LogP contribution in [0.5, 0.6) is 0 Å². The largest absolute Gasteiger partial charge is 0.248 e. The molecular weight excluding hydrogens is 647 g/mol. The normalized spacial score (nSPS) is 13.2. The van der Waals surface area contributed by atoms with Gasteiger partial charge in [0.25, 0.3) is 0 Å². The molecule has 2 aromatic heterocycles. The summed E-state index contributed by atoms with van der Waals surface area (Å²) < 4.78 is 1.35. The fourth-order valence-corrected chi connectivity index (χ4v) is 10.3. The Bertz CT molecular complexity index is 2740. The van der Waals surface area contributed by atoms with Gasteiger partial charge in [-0.15, -0.1) is 11.3 Å². The zero-order valence-electron chi connectivity index (χ0n) is 28.3. The summed E-state index contributed by atoms with van der Waals surface area (Å²) in [7, 11) is 0. The predicted octanol–water partition coefficient (Wildman–Crippen LogP) is 13.3. The number of rotatable bonds is 4. The maximum absolute atomic E-state index is 5.13. The van der Waals surface area contributed by atoms with E-state index in [-0.39, 0.29) is 5.41 Å². The molecule has 11 rings (SSSR count). The highest BCUT2D eigenvalue weighted by Crippen LogP contribution is 2.66. The monoisotopic (exact) mass is 677 g/mol. The maximum atomic E-state index is 5.13. The van der Waals surface area contributed by atoms with Crippen LogP contribution >= 0.6 is 11.3 Å². The predicted molar refractivity (Wildman–Crippen MR) is 218 cm³/mol. The zero-order valence-corrected chi connectivity index (χ0v) is 29.1. The minimum Gasteiger partial charge on any atom is -0.248 e. The summed E-state index contributed by atoms with van der Waals surface area (Å²) in [4.78, 5) is 6.57. The molecule has 0 N–H and O–H groups in total. The van der Waals surface area contributed by atoms with E-state index in [9.17, 15) is 0 Å². The van der Waals surface area contributed by atoms with Crippen LogP contribution in [0.15, 0.2) is 188 Å². The van der Waals surface area contributed by atoms with E-state index in [0.29, 0.717) is 0 Å². The van der Waals surface area contributed by atoms with Crippen molar-refractivity contribution in [2.75, 3.05) is 0 Å². The van der Waals surface area contributed by atoms with Gasteiger partial charge in [-0.3, -0.25) is 0 Å². The molecule has 0 bridgehead atoms. The molecule has 1 nitrogen and oxygen atoms in total. The van der Waals surface area contributed by atoms with Crippen molar-refractivity contribution < 1.29 is 0 Å². The lowest BCUT2D eigenvalue weighted by atomic mass is 9.73. The van der Waals surface area contributed by atoms with Crippen molar-refractivity contribution in [1.29, 1.82) is 0 Å². The Labute approximate surface area is 307 Å². The van der Waals surface area contributed by atoms with Crippen LogP contribution in [-0.4, -0.2) is 4.98 Å². The Morgan fingerprint density at radius 2 is 0.904 bits per heavy atom. The van der Waals surface area contributed by atoms with Crippen LogP contribution in [0.2, 0.25) is 0 Å². The van der Waals surface area contributed by atoms with Crippen molar-refractivity contribution in [2.45, 2.75) is 5.41 Å². The fraction of sp³-hybridized carbons (Fsp3) is 0.0200. The Morgan fingerprint density at radius 1 is 0.365 bits per heavy atom. The minimum atomic E-state index is -0.366. The van der Waals surface area contributed by atoms with Crippen molar-refractivity contribution in [2.24, 2.45) is 0 Å². The molecule has 0 fully saturated rings. The number of thiophene rings is 1. The van der Waals surface area contributed by atoms with Gasteiger partial charge in [0.05, 0.1) is 16.8 Å². The lowest BCUT2D eigenvalue weighted by Crippen LogP contribution is -2.24. The lowest BCUT2D eigenvalue weighted by molar-refractivity contribution is 0.812. The molecule has 242 valence electrons. The van der Waals surface area contributed by atoms with Crippen molar-refractivity contribution in [3.05, 3.63) is 210 Å². The van der Waals surface area contributed by atoms with Crippen LogP contribution in [-0.2, 0) is 5.41 Å². The van der Waals surface area contributed by atoms with Crippen molar-refractivity contribution in [3.8, 4) is 67.0 Å². The van der Waals surface area contributed by atoms with Crippen LogP contribution in [0.1, 0.15) is 21.6 Å². The van der Waals surface area contributed by atoms with E-state index in [1.165, 1.54) is 70.6 Å². The van der Waals surface area contributed by atoms with E-state index >= 15 is 0 Å². The first-order valence-corrected chi connectivity index (χ1v) is 18.7. The van der Waals surface area contributed by atoms with E-state index in [1.807, 2.05) is 11.3 Å². The Balaban J connectivity index is 1.12. The van der Waals surface area contributed by atoms with E-state index in [1.54, 1.807) is 0 Å². The first-order valence-electron chi connectivity index (χ1n) is 17.9. The summed E-state index contributed by atoms with van der Waals surface area (Å²) in [6, 6.07) is 68.8. The number of nitrogens with zero attached hydrogens (tertiary/aromatic N) is 1. The molecule has 2 heterocycles. The summed E-state index contributed by atoms with van der Waals surface area (Å²) >= 11 is 1.96. The Kier molecular flexibility index (Phi) is 6.40. The number of benzene rings is 7. The SMILES string of the molecule is c1ccc(-c2cc(-c3cccc(-c4ccc5c(c4)C4(c6ccccc6-c6ccccc64)c4sc6ccccc6c4-5)c3)cc(-c3ccccc3)n2)cc1. The smallest absolute Gasteiger partial charge is 0.0819 e. The standard InChI is InChI=1S/C50H31NS/c1-3-14-32(15-4-1)45-30-37(31-46(51-45)33-16-5-2-6-17-33)35-19-13-18-34(28-35)36-26-27-40-44(29-36)50(49-48(40)41-22-9-12-25-47(41)52-49)42-23-10-7-20-38(42)39-21-8-11-24-43(39)50/h1-31H. The zero-order chi connectivity index (χ0) is 34.2. The van der Waals surface area contributed by atoms with Gasteiger partial charge in [-0.25, -0.2) is 4.98 Å². The van der Waals surface area contributed by atoms with Crippen molar-refractivity contribution in [1.82, 2.24) is 4.98 Å². The lowest BCUT2D eigenvalue weighted by Gasteiger charge is -2.29. The molecule has 2 aliphatic carbocycles. The molecule has 0 aliphatic heterocycles. The highest BCUT2D eigenvalue weighted by atomic mass is 32.1. The van der Waals surface area contributed by atoms with Crippen LogP contribution in [0.4, 0.5) is 0 Å². The van der Waals surface area contributed by atoms with Gasteiger partial charge in [-0.1, -0.05) is 158 Å². The number of pyridine rings is 1. The molecule has 52 heavy (non-hydrogen) atoms. The molecule has 0 radical (unpaired) electrons. The van der Waals surface area contributed by atoms with Crippen LogP contribution in [0, 0.1) is 0 Å². The van der Waals surface area contributed by atoms with Gasteiger partial charge in [0.15, 0.2) is 0 Å². The van der Waals surface area contributed by atoms with Gasteiger partial charge < -0.3 is 0 Å². The third-order valence-electron chi connectivity index (χ3n) is 11.1. The summed E-state index contributed by atoms with van der Waals surface area (Å²) in [5.74, 6) is 0. The third-order valence-corrected chi connectivity index (χ3v) is 12.4. The minimum absolute atomic E-state index is 0.366. The van der Waals surface area contributed by atoms with Crippen molar-refractivity contribution in [3.63, 3.8) is 0 Å². The quantitative estimate of drug-likeness (QED) is 0.181. The molecule has 0 amide bonds. The number of hydrogen-bond acceptors (Lipinski definition) is 2. The second-order valence-corrected chi connectivity index (χ2v) is 14.9. The summed E-state index contributed by atoms with van der Waals surface area (Å²) in [6.07, 6.45) is 0. The molecule has 0 atom stereocenters. The maximum Gasteiger partial charge on any atom is 0.0819 e. The molecule has 1 spiro atoms. The van der Waals surface area contributed by atoms with Gasteiger partial charge in [0.2, 0.25) is 0 Å². The average molecular weight is 678 g/mol. The molecule has 7 aromatic carbocycles. The van der Waals surface area contributed by atoms with Gasteiger partial charge >= 0.3 is 0 Å². The second-order valence-electron chi connectivity index (χ2n) is 13.8. The number of aromatic nitrogens is 1. The first-order chi connectivity index (χ1) is 25.8. The molecule has 9 aromatic rings. The Morgan fingerprint density at radius 3 is 1.58 bits per heavy atom. The third kappa shape index (κ3) is 4.19. The van der Waals surface area contributed by atoms with E-state index in [4.69, 9.17) is 4.98 Å². The Hall–Kier alpha value is -6.35. The average Bonchev–Trinajstić information content (AvgIpc) is 3.85. The highest BCUT2D eigenvalue weighted by molar-refractivity contribution is 7.20. The molecule has 0 saturated carbocycles. The summed E-state index contributed by atoms with van der Waals surface area (Å²) in [5.41, 5.74) is 18.1. The van der Waals surface area contributed by atoms with Crippen molar-refractivity contribution >= 4 is 21.4 Å². The van der Waals surface area contributed by atoms with Crippen LogP contribution in [0.25, 0.3) is 77.1 Å². The van der Waals surface area contributed by atoms with Crippen LogP contribution in [0.3, 0.4) is 0 Å². The molecular formula is C50H31NS. The summed E-state index contributed by atoms with van der Waals surface area (Å²) in [6.45, 7) is 0. The van der Waals surface area contributed by atoms with E-state index in [0.717, 1.165) is 28.1 Å². The first kappa shape index (κ1) is 29.4.